The van der Waals surface area contributed by atoms with Crippen LogP contribution in [0, 0.1) is 14.8 Å². The number of rotatable bonds is 3. The third-order valence-corrected chi connectivity index (χ3v) is 4.10. The number of benzene rings is 1. The van der Waals surface area contributed by atoms with Gasteiger partial charge in [0.2, 0.25) is 0 Å². The molecule has 0 saturated carbocycles. The van der Waals surface area contributed by atoms with Crippen LogP contribution in [0.3, 0.4) is 0 Å². The first kappa shape index (κ1) is 16.0. The van der Waals surface area contributed by atoms with E-state index < -0.39 is 14.8 Å². The molecule has 1 aromatic heterocycles. The Bertz CT molecular complexity index is 743. The Morgan fingerprint density at radius 1 is 1.39 bits per heavy atom. The van der Waals surface area contributed by atoms with Gasteiger partial charge in [-0.3, -0.25) is 9.78 Å². The van der Waals surface area contributed by atoms with Gasteiger partial charge in [-0.25, -0.2) is 0 Å². The molecule has 0 fully saturated rings. The van der Waals surface area contributed by atoms with Gasteiger partial charge < -0.3 is 18.0 Å². The average molecular weight is 402 g/mol. The van der Waals surface area contributed by atoms with Crippen LogP contribution in [0.4, 0.5) is 5.69 Å². The molecule has 0 saturated heterocycles. The number of pyridine rings is 1. The zero-order valence-electron chi connectivity index (χ0n) is 11.6. The summed E-state index contributed by atoms with van der Waals surface area (Å²) in [6.45, 7) is 0.748. The molecule has 1 aliphatic rings. The molecule has 0 bridgehead atoms. The van der Waals surface area contributed by atoms with Gasteiger partial charge in [0, 0.05) is 11.8 Å². The second-order valence-corrected chi connectivity index (χ2v) is 6.08. The molecule has 0 spiro atoms. The summed E-state index contributed by atoms with van der Waals surface area (Å²) in [6, 6.07) is 5.88. The number of anilines is 1. The Kier molecular flexibility index (Phi) is 4.67. The predicted molar refractivity (Wildman–Crippen MR) is 73.5 cm³/mol. The summed E-state index contributed by atoms with van der Waals surface area (Å²) in [4.78, 5) is 18.2. The van der Waals surface area contributed by atoms with Crippen molar-refractivity contribution in [3.05, 3.63) is 47.2 Å². The maximum Gasteiger partial charge on any atom is 0.501 e. The monoisotopic (exact) mass is 400 g/mol. The van der Waals surface area contributed by atoms with E-state index >= 15 is 0 Å². The van der Waals surface area contributed by atoms with Crippen LogP contribution in [0.15, 0.2) is 36.7 Å². The maximum absolute atomic E-state index is 12.7. The fraction of sp³-hybridized carbons (Fsp3) is 0.143. The summed E-state index contributed by atoms with van der Waals surface area (Å²) in [5.74, 6) is 0.252. The standard InChI is InChI=1S/C14H10BrClN2O5/c16-10-7-9(1-2-12(10)23-15(20)21)14(19)18-5-6-22-13-8-17-4-3-11(13)18/h1-4,7-8H,5-6H2. The number of aromatic nitrogens is 1. The second kappa shape index (κ2) is 6.71. The van der Waals surface area contributed by atoms with Gasteiger partial charge in [-0.1, -0.05) is 11.6 Å². The Labute approximate surface area is 141 Å². The minimum atomic E-state index is -3.43. The summed E-state index contributed by atoms with van der Waals surface area (Å²) in [5.41, 5.74) is 0.940. The van der Waals surface area contributed by atoms with E-state index in [1.54, 1.807) is 23.4 Å². The average Bonchev–Trinajstić information content (AvgIpc) is 2.55. The molecular weight excluding hydrogens is 392 g/mol. The van der Waals surface area contributed by atoms with Gasteiger partial charge in [0.25, 0.3) is 11.7 Å². The number of amides is 1. The Balaban J connectivity index is 1.88. The van der Waals surface area contributed by atoms with Crippen LogP contribution in [0.25, 0.3) is 0 Å². The number of hydrogen-bond acceptors (Lipinski definition) is 6. The molecule has 1 amide bonds. The van der Waals surface area contributed by atoms with E-state index in [1.165, 1.54) is 18.2 Å². The maximum atomic E-state index is 12.7. The molecule has 1 aliphatic heterocycles. The van der Waals surface area contributed by atoms with Crippen LogP contribution < -0.4 is 21.9 Å². The first-order valence-electron chi connectivity index (χ1n) is 6.48. The highest BCUT2D eigenvalue weighted by atomic mass is 80.0. The fourth-order valence-electron chi connectivity index (χ4n) is 2.21. The first-order chi connectivity index (χ1) is 11.1. The van der Waals surface area contributed by atoms with Crippen molar-refractivity contribution < 1.29 is 36.6 Å². The first-order valence-corrected chi connectivity index (χ1v) is 8.80. The Morgan fingerprint density at radius 3 is 2.96 bits per heavy atom. The lowest BCUT2D eigenvalue weighted by atomic mass is 10.1. The predicted octanol–water partition coefficient (Wildman–Crippen LogP) is 0.239. The summed E-state index contributed by atoms with van der Waals surface area (Å²) in [5, 5.41) is 0.0499. The van der Waals surface area contributed by atoms with Crippen LogP contribution in [0.2, 0.25) is 5.02 Å². The van der Waals surface area contributed by atoms with Crippen molar-refractivity contribution in [2.45, 2.75) is 0 Å². The lowest BCUT2D eigenvalue weighted by molar-refractivity contribution is -1.62. The lowest BCUT2D eigenvalue weighted by Gasteiger charge is -2.29. The lowest BCUT2D eigenvalue weighted by Crippen LogP contribution is -2.38. The van der Waals surface area contributed by atoms with Crippen molar-refractivity contribution in [1.29, 1.82) is 0 Å². The van der Waals surface area contributed by atoms with Gasteiger partial charge in [0.15, 0.2) is 5.75 Å². The molecule has 2 heterocycles. The fourth-order valence-corrected chi connectivity index (χ4v) is 3.08. The largest absolute Gasteiger partial charge is 0.501 e. The molecule has 120 valence electrons. The van der Waals surface area contributed by atoms with E-state index in [4.69, 9.17) is 16.3 Å². The highest BCUT2D eigenvalue weighted by Gasteiger charge is 2.26. The van der Waals surface area contributed by atoms with E-state index in [0.717, 1.165) is 0 Å². The molecule has 7 nitrogen and oxygen atoms in total. The molecule has 9 heteroatoms. The second-order valence-electron chi connectivity index (χ2n) is 4.56. The van der Waals surface area contributed by atoms with E-state index in [-0.39, 0.29) is 16.7 Å². The molecule has 0 aliphatic carbocycles. The smallest absolute Gasteiger partial charge is 0.488 e. The number of carbonyl (C=O) groups is 1. The molecule has 0 radical (unpaired) electrons. The van der Waals surface area contributed by atoms with Crippen molar-refractivity contribution in [1.82, 2.24) is 4.98 Å². The zero-order chi connectivity index (χ0) is 16.4. The molecule has 0 unspecified atom stereocenters. The quantitative estimate of drug-likeness (QED) is 0.731. The summed E-state index contributed by atoms with van der Waals surface area (Å²) >= 11 is 2.54. The number of hydrogen-bond donors (Lipinski definition) is 0. The summed E-state index contributed by atoms with van der Waals surface area (Å²) in [7, 11) is 0. The van der Waals surface area contributed by atoms with Crippen molar-refractivity contribution >= 4 is 23.2 Å². The van der Waals surface area contributed by atoms with Gasteiger partial charge in [-0.2, -0.15) is 0 Å². The van der Waals surface area contributed by atoms with Gasteiger partial charge in [0.1, 0.15) is 6.61 Å². The van der Waals surface area contributed by atoms with E-state index in [0.29, 0.717) is 30.2 Å². The molecular formula is C14H10BrClN2O5. The normalized spacial score (nSPS) is 13.5. The number of carbonyl (C=O) groups excluding carboxylic acids is 1. The van der Waals surface area contributed by atoms with Crippen LogP contribution in [-0.2, 0) is 0 Å². The van der Waals surface area contributed by atoms with Crippen molar-refractivity contribution in [3.8, 4) is 11.5 Å². The molecule has 23 heavy (non-hydrogen) atoms. The third kappa shape index (κ3) is 3.40. The third-order valence-electron chi connectivity index (χ3n) is 3.20. The van der Waals surface area contributed by atoms with Crippen LogP contribution in [0.1, 0.15) is 10.4 Å². The molecule has 3 rings (SSSR count). The highest BCUT2D eigenvalue weighted by molar-refractivity contribution is 6.32. The van der Waals surface area contributed by atoms with E-state index in [2.05, 4.69) is 8.81 Å². The summed E-state index contributed by atoms with van der Waals surface area (Å²) in [6.07, 6.45) is 3.12. The Morgan fingerprint density at radius 2 is 2.22 bits per heavy atom. The number of halogens is 2. The Hall–Kier alpha value is -1.87. The minimum Gasteiger partial charge on any atom is -0.488 e. The van der Waals surface area contributed by atoms with Crippen molar-refractivity contribution in [2.24, 2.45) is 0 Å². The summed E-state index contributed by atoms with van der Waals surface area (Å²) < 4.78 is 31.3. The van der Waals surface area contributed by atoms with Crippen LogP contribution in [-0.4, -0.2) is 24.0 Å². The minimum absolute atomic E-state index is 0.00482. The highest BCUT2D eigenvalue weighted by Crippen LogP contribution is 2.32. The van der Waals surface area contributed by atoms with Gasteiger partial charge in [-0.05, 0) is 24.3 Å². The number of nitrogens with zero attached hydrogens (tertiary/aromatic N) is 2. The van der Waals surface area contributed by atoms with Crippen molar-refractivity contribution in [3.63, 3.8) is 0 Å². The van der Waals surface area contributed by atoms with E-state index in [9.17, 15) is 13.2 Å². The zero-order valence-corrected chi connectivity index (χ0v) is 13.9. The van der Waals surface area contributed by atoms with Crippen molar-refractivity contribution in [2.75, 3.05) is 18.1 Å². The molecule has 0 atom stereocenters. The van der Waals surface area contributed by atoms with Crippen LogP contribution >= 0.6 is 11.6 Å². The van der Waals surface area contributed by atoms with Gasteiger partial charge >= 0.3 is 14.8 Å². The van der Waals surface area contributed by atoms with Crippen LogP contribution in [0.5, 0.6) is 11.5 Å². The number of ether oxygens (including phenoxy) is 1. The van der Waals surface area contributed by atoms with E-state index in [1.807, 2.05) is 0 Å². The van der Waals surface area contributed by atoms with Gasteiger partial charge in [0.05, 0.1) is 23.5 Å². The number of fused-ring (bicyclic) bond motifs is 1. The SMILES string of the molecule is O=C(c1ccc(O[Br+2]([O-])[O-])c(Cl)c1)N1CCOc2cnccc21. The molecule has 0 N–H and O–H groups in total. The van der Waals surface area contributed by atoms with Gasteiger partial charge in [-0.15, -0.1) is 3.83 Å². The topological polar surface area (TPSA) is 97.8 Å². The molecule has 1 aromatic carbocycles. The molecule has 2 aromatic rings.